The molecule has 0 amide bonds. The van der Waals surface area contributed by atoms with Crippen molar-refractivity contribution in [2.24, 2.45) is 5.41 Å². The number of benzene rings is 1. The average molecular weight is 349 g/mol. The molecule has 1 saturated heterocycles. The van der Waals surface area contributed by atoms with E-state index < -0.39 is 0 Å². The van der Waals surface area contributed by atoms with Gasteiger partial charge in [-0.3, -0.25) is 4.90 Å². The molecule has 0 saturated carbocycles. The maximum atomic E-state index is 10.0. The van der Waals surface area contributed by atoms with Gasteiger partial charge in [0.1, 0.15) is 5.75 Å². The minimum atomic E-state index is 0. The second-order valence-corrected chi connectivity index (χ2v) is 7.06. The molecule has 0 radical (unpaired) electrons. The van der Waals surface area contributed by atoms with Gasteiger partial charge in [0.15, 0.2) is 0 Å². The fraction of sp³-hybridized carbons (Fsp3) is 0.647. The molecule has 1 aliphatic heterocycles. The van der Waals surface area contributed by atoms with Gasteiger partial charge in [0.25, 0.3) is 0 Å². The zero-order valence-corrected chi connectivity index (χ0v) is 15.9. The molecule has 0 bridgehead atoms. The number of hydrogen-bond donors (Lipinski definition) is 2. The van der Waals surface area contributed by atoms with Crippen LogP contribution in [-0.2, 0) is 0 Å². The molecule has 0 spiro atoms. The molecule has 3 nitrogen and oxygen atoms in total. The lowest BCUT2D eigenvalue weighted by Crippen LogP contribution is -2.48. The molecule has 2 N–H and O–H groups in total. The van der Waals surface area contributed by atoms with Gasteiger partial charge >= 0.3 is 0 Å². The van der Waals surface area contributed by atoms with E-state index in [0.717, 1.165) is 37.3 Å². The SMILES string of the molecule is Cc1cc([C@@H](N2CCNCC2)C(C)(C)C)cc(C)c1O.Cl.Cl. The average Bonchev–Trinajstić information content (AvgIpc) is 2.35. The van der Waals surface area contributed by atoms with Gasteiger partial charge in [0.05, 0.1) is 0 Å². The Morgan fingerprint density at radius 2 is 1.50 bits per heavy atom. The first-order valence-electron chi connectivity index (χ1n) is 7.55. The summed E-state index contributed by atoms with van der Waals surface area (Å²) in [5.41, 5.74) is 3.45. The van der Waals surface area contributed by atoms with Crippen molar-refractivity contribution in [3.63, 3.8) is 0 Å². The predicted molar refractivity (Wildman–Crippen MR) is 98.7 cm³/mol. The summed E-state index contributed by atoms with van der Waals surface area (Å²) in [7, 11) is 0. The maximum absolute atomic E-state index is 10.0. The Hall–Kier alpha value is -0.480. The van der Waals surface area contributed by atoms with E-state index in [1.165, 1.54) is 5.56 Å². The van der Waals surface area contributed by atoms with Crippen LogP contribution in [0.1, 0.15) is 43.5 Å². The molecule has 0 unspecified atom stereocenters. The van der Waals surface area contributed by atoms with Gasteiger partial charge in [-0.1, -0.05) is 32.9 Å². The first-order chi connectivity index (χ1) is 9.30. The summed E-state index contributed by atoms with van der Waals surface area (Å²) < 4.78 is 0. The zero-order chi connectivity index (χ0) is 14.9. The Balaban J connectivity index is 0.00000220. The van der Waals surface area contributed by atoms with Gasteiger partial charge in [-0.2, -0.15) is 0 Å². The summed E-state index contributed by atoms with van der Waals surface area (Å²) >= 11 is 0. The van der Waals surface area contributed by atoms with Gasteiger partial charge in [0.2, 0.25) is 0 Å². The fourth-order valence-electron chi connectivity index (χ4n) is 3.35. The third-order valence-electron chi connectivity index (χ3n) is 4.17. The monoisotopic (exact) mass is 348 g/mol. The number of piperazine rings is 1. The number of phenolic OH excluding ortho intramolecular Hbond substituents is 1. The smallest absolute Gasteiger partial charge is 0.121 e. The van der Waals surface area contributed by atoms with E-state index in [4.69, 9.17) is 0 Å². The second-order valence-electron chi connectivity index (χ2n) is 7.06. The highest BCUT2D eigenvalue weighted by molar-refractivity contribution is 5.85. The van der Waals surface area contributed by atoms with Crippen LogP contribution in [0, 0.1) is 19.3 Å². The standard InChI is InChI=1S/C17H28N2O.2ClH/c1-12-10-14(11-13(2)15(12)20)16(17(3,4)5)19-8-6-18-7-9-19;;/h10-11,16,18,20H,6-9H2,1-5H3;2*1H/t16-;;/m1../s1. The summed E-state index contributed by atoms with van der Waals surface area (Å²) in [6, 6.07) is 4.70. The number of aromatic hydroxyl groups is 1. The van der Waals surface area contributed by atoms with Gasteiger partial charge in [0, 0.05) is 32.2 Å². The first-order valence-corrected chi connectivity index (χ1v) is 7.55. The number of halogens is 2. The molecule has 1 aromatic carbocycles. The van der Waals surface area contributed by atoms with Crippen LogP contribution in [0.25, 0.3) is 0 Å². The van der Waals surface area contributed by atoms with Crippen LogP contribution in [0.2, 0.25) is 0 Å². The minimum Gasteiger partial charge on any atom is -0.507 e. The largest absolute Gasteiger partial charge is 0.507 e. The van der Waals surface area contributed by atoms with Crippen molar-refractivity contribution in [3.8, 4) is 5.75 Å². The Morgan fingerprint density at radius 3 is 1.91 bits per heavy atom. The lowest BCUT2D eigenvalue weighted by atomic mass is 9.80. The van der Waals surface area contributed by atoms with E-state index in [2.05, 4.69) is 43.1 Å². The Kier molecular flexibility index (Phi) is 8.21. The van der Waals surface area contributed by atoms with Crippen LogP contribution in [0.3, 0.4) is 0 Å². The van der Waals surface area contributed by atoms with Crippen LogP contribution < -0.4 is 5.32 Å². The maximum Gasteiger partial charge on any atom is 0.121 e. The zero-order valence-electron chi connectivity index (χ0n) is 14.3. The first kappa shape index (κ1) is 21.5. The van der Waals surface area contributed by atoms with Crippen molar-refractivity contribution >= 4 is 24.8 Å². The van der Waals surface area contributed by atoms with Crippen LogP contribution in [0.4, 0.5) is 0 Å². The number of rotatable bonds is 2. The highest BCUT2D eigenvalue weighted by Crippen LogP contribution is 2.40. The van der Waals surface area contributed by atoms with Crippen molar-refractivity contribution in [2.45, 2.75) is 40.7 Å². The molecular formula is C17H30Cl2N2O. The second kappa shape index (κ2) is 8.39. The third kappa shape index (κ3) is 4.76. The Bertz CT molecular complexity index is 457. The molecule has 1 atom stereocenters. The number of nitrogens with one attached hydrogen (secondary N) is 1. The van der Waals surface area contributed by atoms with Crippen LogP contribution in [0.5, 0.6) is 5.75 Å². The molecule has 1 aromatic rings. The number of phenols is 1. The van der Waals surface area contributed by atoms with Gasteiger partial charge < -0.3 is 10.4 Å². The lowest BCUT2D eigenvalue weighted by Gasteiger charge is -2.43. The molecule has 2 rings (SSSR count). The van der Waals surface area contributed by atoms with E-state index in [1.807, 2.05) is 13.8 Å². The van der Waals surface area contributed by atoms with E-state index in [1.54, 1.807) is 0 Å². The van der Waals surface area contributed by atoms with Gasteiger partial charge in [-0.15, -0.1) is 24.8 Å². The molecule has 128 valence electrons. The summed E-state index contributed by atoms with van der Waals surface area (Å²) in [6.07, 6.45) is 0. The number of aryl methyl sites for hydroxylation is 2. The molecule has 5 heteroatoms. The topological polar surface area (TPSA) is 35.5 Å². The third-order valence-corrected chi connectivity index (χ3v) is 4.17. The minimum absolute atomic E-state index is 0. The molecule has 1 aliphatic rings. The molecule has 1 heterocycles. The van der Waals surface area contributed by atoms with Gasteiger partial charge in [-0.05, 0) is 36.0 Å². The van der Waals surface area contributed by atoms with Crippen molar-refractivity contribution in [3.05, 3.63) is 28.8 Å². The fourth-order valence-corrected chi connectivity index (χ4v) is 3.35. The highest BCUT2D eigenvalue weighted by Gasteiger charge is 2.32. The normalized spacial score (nSPS) is 17.3. The van der Waals surface area contributed by atoms with Crippen molar-refractivity contribution in [1.29, 1.82) is 0 Å². The lowest BCUT2D eigenvalue weighted by molar-refractivity contribution is 0.0861. The molecular weight excluding hydrogens is 319 g/mol. The molecule has 22 heavy (non-hydrogen) atoms. The molecule has 0 aliphatic carbocycles. The van der Waals surface area contributed by atoms with E-state index in [0.29, 0.717) is 11.8 Å². The summed E-state index contributed by atoms with van der Waals surface area (Å²) in [6.45, 7) is 15.2. The number of hydrogen-bond acceptors (Lipinski definition) is 3. The Morgan fingerprint density at radius 1 is 1.05 bits per heavy atom. The van der Waals surface area contributed by atoms with E-state index >= 15 is 0 Å². The van der Waals surface area contributed by atoms with Crippen LogP contribution in [-0.4, -0.2) is 36.2 Å². The van der Waals surface area contributed by atoms with Crippen molar-refractivity contribution in [2.75, 3.05) is 26.2 Å². The quantitative estimate of drug-likeness (QED) is 0.851. The summed E-state index contributed by atoms with van der Waals surface area (Å²) in [5, 5.41) is 13.4. The van der Waals surface area contributed by atoms with Crippen molar-refractivity contribution in [1.82, 2.24) is 10.2 Å². The molecule has 0 aromatic heterocycles. The van der Waals surface area contributed by atoms with Gasteiger partial charge in [-0.25, -0.2) is 0 Å². The Labute approximate surface area is 147 Å². The molecule has 1 fully saturated rings. The van der Waals surface area contributed by atoms with E-state index in [-0.39, 0.29) is 30.2 Å². The summed E-state index contributed by atoms with van der Waals surface area (Å²) in [4.78, 5) is 2.57. The summed E-state index contributed by atoms with van der Waals surface area (Å²) in [5.74, 6) is 0.432. The van der Waals surface area contributed by atoms with Crippen molar-refractivity contribution < 1.29 is 5.11 Å². The number of nitrogens with zero attached hydrogens (tertiary/aromatic N) is 1. The predicted octanol–water partition coefficient (Wildman–Crippen LogP) is 3.85. The van der Waals surface area contributed by atoms with E-state index in [9.17, 15) is 5.11 Å². The highest BCUT2D eigenvalue weighted by atomic mass is 35.5. The van der Waals surface area contributed by atoms with Crippen LogP contribution in [0.15, 0.2) is 12.1 Å². The van der Waals surface area contributed by atoms with Crippen LogP contribution >= 0.6 is 24.8 Å².